The highest BCUT2D eigenvalue weighted by Gasteiger charge is 2.27. The molecule has 1 aromatic heterocycles. The lowest BCUT2D eigenvalue weighted by atomic mass is 9.91. The maximum Gasteiger partial charge on any atom is 0.169 e. The Balaban J connectivity index is 1.19. The molecule has 1 unspecified atom stereocenters. The minimum atomic E-state index is -0.466. The van der Waals surface area contributed by atoms with Gasteiger partial charge in [0.15, 0.2) is 6.17 Å². The van der Waals surface area contributed by atoms with Crippen LogP contribution < -0.4 is 5.32 Å². The number of hydrogen-bond acceptors (Lipinski definition) is 4. The van der Waals surface area contributed by atoms with Gasteiger partial charge in [-0.15, -0.1) is 0 Å². The highest BCUT2D eigenvalue weighted by atomic mass is 16.3. The van der Waals surface area contributed by atoms with Crippen LogP contribution >= 0.6 is 0 Å². The minimum absolute atomic E-state index is 0.466. The number of furan rings is 1. The first-order chi connectivity index (χ1) is 25.3. The van der Waals surface area contributed by atoms with Gasteiger partial charge in [-0.3, -0.25) is 0 Å². The molecule has 0 radical (unpaired) electrons. The molecular formula is C47H31N3O. The Kier molecular flexibility index (Phi) is 6.85. The number of amidine groups is 2. The average molecular weight is 654 g/mol. The van der Waals surface area contributed by atoms with E-state index in [2.05, 4.69) is 151 Å². The summed E-state index contributed by atoms with van der Waals surface area (Å²) in [6.45, 7) is 0. The number of benzene rings is 8. The molecule has 1 atom stereocenters. The molecule has 9 aromatic rings. The van der Waals surface area contributed by atoms with Gasteiger partial charge in [0.1, 0.15) is 22.8 Å². The molecule has 240 valence electrons. The topological polar surface area (TPSA) is 49.9 Å². The summed E-state index contributed by atoms with van der Waals surface area (Å²) in [6, 6.07) is 61.6. The third-order valence-corrected chi connectivity index (χ3v) is 9.96. The van der Waals surface area contributed by atoms with E-state index >= 15 is 0 Å². The summed E-state index contributed by atoms with van der Waals surface area (Å²) in [6.07, 6.45) is -0.466. The van der Waals surface area contributed by atoms with Gasteiger partial charge < -0.3 is 9.73 Å². The summed E-state index contributed by atoms with van der Waals surface area (Å²) < 4.78 is 6.46. The molecule has 0 aliphatic carbocycles. The molecule has 4 nitrogen and oxygen atoms in total. The van der Waals surface area contributed by atoms with Crippen LogP contribution in [0.4, 0.5) is 0 Å². The van der Waals surface area contributed by atoms with Gasteiger partial charge in [0.25, 0.3) is 0 Å². The van der Waals surface area contributed by atoms with Crippen molar-refractivity contribution in [2.45, 2.75) is 6.17 Å². The van der Waals surface area contributed by atoms with E-state index in [0.29, 0.717) is 0 Å². The lowest BCUT2D eigenvalue weighted by molar-refractivity contribution is 0.669. The lowest BCUT2D eigenvalue weighted by Crippen LogP contribution is -2.36. The predicted octanol–water partition coefficient (Wildman–Crippen LogP) is 11.7. The Bertz CT molecular complexity index is 2820. The normalized spacial score (nSPS) is 14.5. The molecule has 10 rings (SSSR count). The zero-order valence-corrected chi connectivity index (χ0v) is 27.6. The van der Waals surface area contributed by atoms with Gasteiger partial charge in [-0.1, -0.05) is 158 Å². The molecule has 4 heteroatoms. The molecule has 0 saturated carbocycles. The minimum Gasteiger partial charge on any atom is -0.456 e. The second-order valence-electron chi connectivity index (χ2n) is 13.0. The highest BCUT2D eigenvalue weighted by Crippen LogP contribution is 2.40. The van der Waals surface area contributed by atoms with Gasteiger partial charge in [0, 0.05) is 21.9 Å². The Morgan fingerprint density at radius 3 is 1.78 bits per heavy atom. The van der Waals surface area contributed by atoms with Crippen LogP contribution in [0.5, 0.6) is 0 Å². The van der Waals surface area contributed by atoms with Crippen molar-refractivity contribution < 1.29 is 4.42 Å². The second kappa shape index (κ2) is 12.0. The molecule has 1 aliphatic heterocycles. The van der Waals surface area contributed by atoms with Crippen molar-refractivity contribution in [3.63, 3.8) is 0 Å². The van der Waals surface area contributed by atoms with Gasteiger partial charge >= 0.3 is 0 Å². The number of rotatable bonds is 5. The van der Waals surface area contributed by atoms with Crippen molar-refractivity contribution in [1.29, 1.82) is 0 Å². The molecule has 51 heavy (non-hydrogen) atoms. The first kappa shape index (κ1) is 29.2. The maximum atomic E-state index is 6.46. The van der Waals surface area contributed by atoms with E-state index in [1.54, 1.807) is 0 Å². The van der Waals surface area contributed by atoms with Crippen molar-refractivity contribution in [2.24, 2.45) is 9.98 Å². The smallest absolute Gasteiger partial charge is 0.169 e. The van der Waals surface area contributed by atoms with Gasteiger partial charge in [-0.25, -0.2) is 9.98 Å². The van der Waals surface area contributed by atoms with E-state index in [1.807, 2.05) is 30.3 Å². The molecule has 1 aliphatic rings. The molecular weight excluding hydrogens is 623 g/mol. The van der Waals surface area contributed by atoms with Crippen LogP contribution in [0.15, 0.2) is 190 Å². The molecule has 0 amide bonds. The zero-order chi connectivity index (χ0) is 33.7. The van der Waals surface area contributed by atoms with Crippen LogP contribution in [-0.2, 0) is 0 Å². The maximum absolute atomic E-state index is 6.46. The van der Waals surface area contributed by atoms with Gasteiger partial charge in [-0.05, 0) is 67.6 Å². The molecule has 0 fully saturated rings. The van der Waals surface area contributed by atoms with Crippen LogP contribution in [0.25, 0.3) is 65.7 Å². The van der Waals surface area contributed by atoms with E-state index in [4.69, 9.17) is 14.4 Å². The fourth-order valence-electron chi connectivity index (χ4n) is 7.53. The summed E-state index contributed by atoms with van der Waals surface area (Å²) in [5.41, 5.74) is 9.26. The lowest BCUT2D eigenvalue weighted by Gasteiger charge is -2.24. The number of nitrogens with zero attached hydrogens (tertiary/aromatic N) is 2. The standard InChI is InChI=1S/C47H31N3O/c1-2-14-33(15-3-1)45-48-46(34-26-24-32(25-27-34)36-21-10-16-30-12-4-6-18-35(30)36)50-47(49-45)44-39(38-22-11-17-31-13-5-7-19-37(31)38)28-29-42-43(44)40-20-8-9-23-41(40)51-42/h1-29,46H,(H,48,49,50). The first-order valence-electron chi connectivity index (χ1n) is 17.3. The Morgan fingerprint density at radius 1 is 0.412 bits per heavy atom. The van der Waals surface area contributed by atoms with Crippen molar-refractivity contribution >= 4 is 55.2 Å². The molecule has 8 aromatic carbocycles. The fraction of sp³-hybridized carbons (Fsp3) is 0.0213. The van der Waals surface area contributed by atoms with Crippen molar-refractivity contribution in [2.75, 3.05) is 0 Å². The number of para-hydroxylation sites is 1. The number of fused-ring (bicyclic) bond motifs is 5. The van der Waals surface area contributed by atoms with Gasteiger partial charge in [0.05, 0.1) is 0 Å². The van der Waals surface area contributed by atoms with E-state index in [0.717, 1.165) is 67.0 Å². The van der Waals surface area contributed by atoms with Crippen molar-refractivity contribution in [3.8, 4) is 22.3 Å². The van der Waals surface area contributed by atoms with E-state index in [9.17, 15) is 0 Å². The van der Waals surface area contributed by atoms with Crippen molar-refractivity contribution in [3.05, 3.63) is 193 Å². The summed E-state index contributed by atoms with van der Waals surface area (Å²) in [7, 11) is 0. The third kappa shape index (κ3) is 5.00. The quantitative estimate of drug-likeness (QED) is 0.201. The summed E-state index contributed by atoms with van der Waals surface area (Å²) in [5, 5.41) is 10.6. The van der Waals surface area contributed by atoms with E-state index < -0.39 is 6.17 Å². The summed E-state index contributed by atoms with van der Waals surface area (Å²) >= 11 is 0. The molecule has 0 bridgehead atoms. The molecule has 1 N–H and O–H groups in total. The number of aliphatic imine (C=N–C) groups is 2. The summed E-state index contributed by atoms with van der Waals surface area (Å²) in [4.78, 5) is 10.7. The Hall–Kier alpha value is -6.78. The zero-order valence-electron chi connectivity index (χ0n) is 27.6. The number of hydrogen-bond donors (Lipinski definition) is 1. The monoisotopic (exact) mass is 653 g/mol. The van der Waals surface area contributed by atoms with Gasteiger partial charge in [0.2, 0.25) is 0 Å². The van der Waals surface area contributed by atoms with Gasteiger partial charge in [-0.2, -0.15) is 0 Å². The van der Waals surface area contributed by atoms with E-state index in [-0.39, 0.29) is 0 Å². The van der Waals surface area contributed by atoms with Crippen LogP contribution in [0, 0.1) is 0 Å². The Labute approximate surface area is 295 Å². The van der Waals surface area contributed by atoms with Crippen LogP contribution in [0.3, 0.4) is 0 Å². The largest absolute Gasteiger partial charge is 0.456 e. The predicted molar refractivity (Wildman–Crippen MR) is 211 cm³/mol. The number of nitrogens with one attached hydrogen (secondary N) is 1. The summed E-state index contributed by atoms with van der Waals surface area (Å²) in [5.74, 6) is 1.53. The Morgan fingerprint density at radius 2 is 1.02 bits per heavy atom. The SMILES string of the molecule is c1ccc(C2=NC(c3ccc(-c4cccc5ccccc45)cc3)N=C(c3c(-c4cccc5ccccc45)ccc4oc5ccccc5c34)N2)cc1. The van der Waals surface area contributed by atoms with Crippen LogP contribution in [0.1, 0.15) is 22.9 Å². The highest BCUT2D eigenvalue weighted by molar-refractivity contribution is 6.26. The van der Waals surface area contributed by atoms with Crippen LogP contribution in [0.2, 0.25) is 0 Å². The van der Waals surface area contributed by atoms with E-state index in [1.165, 1.54) is 27.1 Å². The third-order valence-electron chi connectivity index (χ3n) is 9.96. The van der Waals surface area contributed by atoms with Crippen molar-refractivity contribution in [1.82, 2.24) is 5.32 Å². The second-order valence-corrected chi connectivity index (χ2v) is 13.0. The fourth-order valence-corrected chi connectivity index (χ4v) is 7.53. The molecule has 2 heterocycles. The van der Waals surface area contributed by atoms with Crippen LogP contribution in [-0.4, -0.2) is 11.7 Å². The first-order valence-corrected chi connectivity index (χ1v) is 17.3. The average Bonchev–Trinajstić information content (AvgIpc) is 3.59. The molecule has 0 spiro atoms. The molecule has 0 saturated heterocycles.